The van der Waals surface area contributed by atoms with Gasteiger partial charge in [-0.05, 0) is 24.5 Å². The molecule has 5 heteroatoms. The lowest BCUT2D eigenvalue weighted by atomic mass is 10.0. The van der Waals surface area contributed by atoms with Gasteiger partial charge in [-0.15, -0.1) is 0 Å². The first-order valence-corrected chi connectivity index (χ1v) is 6.98. The van der Waals surface area contributed by atoms with Gasteiger partial charge in [0.15, 0.2) is 0 Å². The molecule has 0 saturated heterocycles. The highest BCUT2D eigenvalue weighted by Crippen LogP contribution is 2.18. The number of carboxylic acids is 1. The number of benzene rings is 1. The second-order valence-corrected chi connectivity index (χ2v) is 5.64. The quantitative estimate of drug-likeness (QED) is 0.887. The number of hydrogen-bond acceptors (Lipinski definition) is 2. The molecule has 1 atom stereocenters. The van der Waals surface area contributed by atoms with Crippen LogP contribution in [0.4, 0.5) is 0 Å². The topological polar surface area (TPSA) is 71.3 Å². The summed E-state index contributed by atoms with van der Waals surface area (Å²) in [6, 6.07) is 8.57. The van der Waals surface area contributed by atoms with Crippen molar-refractivity contribution in [2.75, 3.05) is 0 Å². The molecule has 0 bridgehead atoms. The van der Waals surface area contributed by atoms with Crippen molar-refractivity contribution in [1.82, 2.24) is 9.88 Å². The number of carbonyl (C=O) groups excluding carboxylic acids is 1. The lowest BCUT2D eigenvalue weighted by molar-refractivity contribution is -0.139. The van der Waals surface area contributed by atoms with Crippen LogP contribution in [0.25, 0.3) is 10.9 Å². The first-order chi connectivity index (χ1) is 9.90. The molecule has 1 aromatic heterocycles. The molecule has 2 N–H and O–H groups in total. The van der Waals surface area contributed by atoms with Gasteiger partial charge >= 0.3 is 5.97 Å². The van der Waals surface area contributed by atoms with Crippen molar-refractivity contribution in [2.45, 2.75) is 26.3 Å². The first-order valence-electron chi connectivity index (χ1n) is 6.98. The van der Waals surface area contributed by atoms with Crippen LogP contribution in [0.3, 0.4) is 0 Å². The summed E-state index contributed by atoms with van der Waals surface area (Å²) in [7, 11) is 1.80. The van der Waals surface area contributed by atoms with Crippen LogP contribution < -0.4 is 5.32 Å². The van der Waals surface area contributed by atoms with Crippen LogP contribution in [0.1, 0.15) is 30.8 Å². The summed E-state index contributed by atoms with van der Waals surface area (Å²) >= 11 is 0. The minimum Gasteiger partial charge on any atom is -0.480 e. The van der Waals surface area contributed by atoms with Gasteiger partial charge in [-0.2, -0.15) is 0 Å². The molecule has 0 aliphatic heterocycles. The monoisotopic (exact) mass is 288 g/mol. The smallest absolute Gasteiger partial charge is 0.326 e. The zero-order valence-electron chi connectivity index (χ0n) is 12.5. The maximum atomic E-state index is 12.3. The Morgan fingerprint density at radius 3 is 2.52 bits per heavy atom. The van der Waals surface area contributed by atoms with E-state index in [9.17, 15) is 14.7 Å². The van der Waals surface area contributed by atoms with Gasteiger partial charge in [-0.1, -0.05) is 32.0 Å². The lowest BCUT2D eigenvalue weighted by Gasteiger charge is -2.16. The summed E-state index contributed by atoms with van der Waals surface area (Å²) in [6.45, 7) is 3.86. The third-order valence-electron chi connectivity index (χ3n) is 3.49. The predicted molar refractivity (Wildman–Crippen MR) is 81.3 cm³/mol. The number of nitrogens with one attached hydrogen (secondary N) is 1. The van der Waals surface area contributed by atoms with Crippen LogP contribution in [0.5, 0.6) is 0 Å². The molecule has 1 aromatic carbocycles. The molecule has 0 saturated carbocycles. The first kappa shape index (κ1) is 15.1. The van der Waals surface area contributed by atoms with Gasteiger partial charge < -0.3 is 15.0 Å². The molecule has 5 nitrogen and oxygen atoms in total. The Morgan fingerprint density at radius 2 is 1.95 bits per heavy atom. The number of carbonyl (C=O) groups is 2. The number of para-hydroxylation sites is 1. The van der Waals surface area contributed by atoms with Crippen LogP contribution in [0, 0.1) is 5.92 Å². The van der Waals surface area contributed by atoms with Gasteiger partial charge in [-0.3, -0.25) is 4.79 Å². The molecule has 1 heterocycles. The fraction of sp³-hybridized carbons (Fsp3) is 0.375. The average Bonchev–Trinajstić information content (AvgIpc) is 2.75. The van der Waals surface area contributed by atoms with Crippen molar-refractivity contribution in [3.8, 4) is 0 Å². The van der Waals surface area contributed by atoms with Crippen LogP contribution in [0.15, 0.2) is 30.3 Å². The number of aromatic nitrogens is 1. The van der Waals surface area contributed by atoms with E-state index in [2.05, 4.69) is 5.32 Å². The van der Waals surface area contributed by atoms with E-state index < -0.39 is 12.0 Å². The van der Waals surface area contributed by atoms with Crippen LogP contribution in [-0.2, 0) is 11.8 Å². The molecule has 21 heavy (non-hydrogen) atoms. The Hall–Kier alpha value is -2.30. The second-order valence-electron chi connectivity index (χ2n) is 5.64. The zero-order valence-corrected chi connectivity index (χ0v) is 12.5. The SMILES string of the molecule is CC(C)CC(NC(=O)c1cc2ccccc2n1C)C(=O)O. The Balaban J connectivity index is 2.25. The molecular weight excluding hydrogens is 268 g/mol. The van der Waals surface area contributed by atoms with Gasteiger partial charge in [0.25, 0.3) is 5.91 Å². The predicted octanol–water partition coefficient (Wildman–Crippen LogP) is 2.41. The molecular formula is C16H20N2O3. The molecule has 0 aliphatic carbocycles. The summed E-state index contributed by atoms with van der Waals surface area (Å²) in [6.07, 6.45) is 0.408. The van der Waals surface area contributed by atoms with Gasteiger partial charge in [0.1, 0.15) is 11.7 Å². The van der Waals surface area contributed by atoms with Gasteiger partial charge in [0.05, 0.1) is 0 Å². The molecule has 1 amide bonds. The number of fused-ring (bicyclic) bond motifs is 1. The van der Waals surface area contributed by atoms with E-state index in [-0.39, 0.29) is 11.8 Å². The van der Waals surface area contributed by atoms with Crippen molar-refractivity contribution in [3.05, 3.63) is 36.0 Å². The van der Waals surface area contributed by atoms with E-state index in [1.54, 1.807) is 17.7 Å². The number of rotatable bonds is 5. The molecule has 0 aliphatic rings. The summed E-state index contributed by atoms with van der Waals surface area (Å²) in [5.41, 5.74) is 1.41. The maximum Gasteiger partial charge on any atom is 0.326 e. The van der Waals surface area contributed by atoms with Crippen molar-refractivity contribution in [3.63, 3.8) is 0 Å². The summed E-state index contributed by atoms with van der Waals surface area (Å²) in [5.74, 6) is -1.17. The van der Waals surface area contributed by atoms with Crippen molar-refractivity contribution in [1.29, 1.82) is 0 Å². The summed E-state index contributed by atoms with van der Waals surface area (Å²) in [4.78, 5) is 23.6. The van der Waals surface area contributed by atoms with E-state index >= 15 is 0 Å². The minimum atomic E-state index is -1.00. The Kier molecular flexibility index (Phi) is 4.31. The Labute approximate surface area is 123 Å². The fourth-order valence-corrected chi connectivity index (χ4v) is 2.43. The number of amides is 1. The molecule has 2 aromatic rings. The van der Waals surface area contributed by atoms with E-state index in [1.807, 2.05) is 38.1 Å². The third kappa shape index (κ3) is 3.24. The van der Waals surface area contributed by atoms with E-state index in [4.69, 9.17) is 0 Å². The largest absolute Gasteiger partial charge is 0.480 e. The van der Waals surface area contributed by atoms with Gasteiger partial charge in [-0.25, -0.2) is 4.79 Å². The molecule has 0 radical (unpaired) electrons. The van der Waals surface area contributed by atoms with Crippen LogP contribution in [-0.4, -0.2) is 27.6 Å². The summed E-state index contributed by atoms with van der Waals surface area (Å²) < 4.78 is 1.78. The van der Waals surface area contributed by atoms with Crippen LogP contribution in [0.2, 0.25) is 0 Å². The lowest BCUT2D eigenvalue weighted by Crippen LogP contribution is -2.42. The van der Waals surface area contributed by atoms with Crippen molar-refractivity contribution < 1.29 is 14.7 Å². The van der Waals surface area contributed by atoms with Gasteiger partial charge in [0.2, 0.25) is 0 Å². The average molecular weight is 288 g/mol. The highest BCUT2D eigenvalue weighted by molar-refractivity contribution is 6.00. The highest BCUT2D eigenvalue weighted by Gasteiger charge is 2.23. The standard InChI is InChI=1S/C16H20N2O3/c1-10(2)8-12(16(20)21)17-15(19)14-9-11-6-4-5-7-13(11)18(14)3/h4-7,9-10,12H,8H2,1-3H3,(H,17,19)(H,20,21). The third-order valence-corrected chi connectivity index (χ3v) is 3.49. The Morgan fingerprint density at radius 1 is 1.29 bits per heavy atom. The number of aliphatic carboxylic acids is 1. The normalized spacial score (nSPS) is 12.6. The van der Waals surface area contributed by atoms with E-state index in [1.165, 1.54) is 0 Å². The van der Waals surface area contributed by atoms with Crippen molar-refractivity contribution in [2.24, 2.45) is 13.0 Å². The molecule has 2 rings (SSSR count). The summed E-state index contributed by atoms with van der Waals surface area (Å²) in [5, 5.41) is 12.8. The number of nitrogens with zero attached hydrogens (tertiary/aromatic N) is 1. The minimum absolute atomic E-state index is 0.193. The van der Waals surface area contributed by atoms with Crippen molar-refractivity contribution >= 4 is 22.8 Å². The molecule has 1 unspecified atom stereocenters. The Bertz CT molecular complexity index is 673. The maximum absolute atomic E-state index is 12.3. The van der Waals surface area contributed by atoms with Crippen LogP contribution >= 0.6 is 0 Å². The van der Waals surface area contributed by atoms with E-state index in [0.29, 0.717) is 12.1 Å². The fourth-order valence-electron chi connectivity index (χ4n) is 2.43. The number of aryl methyl sites for hydroxylation is 1. The second kappa shape index (κ2) is 5.99. The molecule has 0 spiro atoms. The van der Waals surface area contributed by atoms with E-state index in [0.717, 1.165) is 10.9 Å². The highest BCUT2D eigenvalue weighted by atomic mass is 16.4. The number of hydrogen-bond donors (Lipinski definition) is 2. The molecule has 0 fully saturated rings. The zero-order chi connectivity index (χ0) is 15.6. The molecule has 112 valence electrons. The number of carboxylic acid groups (broad SMARTS) is 1. The van der Waals surface area contributed by atoms with Gasteiger partial charge in [0, 0.05) is 18.0 Å².